The molecule has 2 saturated heterocycles. The highest BCUT2D eigenvalue weighted by Gasteiger charge is 2.37. The summed E-state index contributed by atoms with van der Waals surface area (Å²) in [6.45, 7) is 9.21. The van der Waals surface area contributed by atoms with E-state index in [0.29, 0.717) is 49.5 Å². The number of aliphatic hydroxyl groups excluding tert-OH is 2. The summed E-state index contributed by atoms with van der Waals surface area (Å²) in [6.07, 6.45) is 13.3. The van der Waals surface area contributed by atoms with Gasteiger partial charge in [-0.3, -0.25) is 9.97 Å². The van der Waals surface area contributed by atoms with Crippen LogP contribution in [-0.2, 0) is 17.6 Å². The van der Waals surface area contributed by atoms with Crippen molar-refractivity contribution in [2.45, 2.75) is 77.0 Å². The lowest BCUT2D eigenvalue weighted by Gasteiger charge is -2.40. The molecule has 0 aromatic carbocycles. The van der Waals surface area contributed by atoms with E-state index in [-0.39, 0.29) is 18.7 Å². The Hall–Kier alpha value is -2.95. The van der Waals surface area contributed by atoms with Gasteiger partial charge in [-0.2, -0.15) is 0 Å². The van der Waals surface area contributed by atoms with E-state index in [2.05, 4.69) is 21.4 Å². The van der Waals surface area contributed by atoms with Crippen molar-refractivity contribution in [3.63, 3.8) is 0 Å². The maximum absolute atomic E-state index is 12.1. The van der Waals surface area contributed by atoms with E-state index in [1.54, 1.807) is 17.3 Å². The number of ether oxygens (including phenoxy) is 3. The molecule has 4 aliphatic rings. The van der Waals surface area contributed by atoms with E-state index in [9.17, 15) is 4.79 Å². The molecule has 0 spiro atoms. The lowest BCUT2D eigenvalue weighted by Crippen LogP contribution is -2.55. The predicted molar refractivity (Wildman–Crippen MR) is 162 cm³/mol. The lowest BCUT2D eigenvalue weighted by molar-refractivity contribution is -0.0141. The molecule has 10 nitrogen and oxygen atoms in total. The molecule has 2 saturated carbocycles. The topological polar surface area (TPSA) is 126 Å². The Morgan fingerprint density at radius 2 is 1.44 bits per heavy atom. The minimum atomic E-state index is -0.481. The Morgan fingerprint density at radius 3 is 1.86 bits per heavy atom. The number of pyridine rings is 2. The van der Waals surface area contributed by atoms with Gasteiger partial charge < -0.3 is 34.6 Å². The first-order valence-corrected chi connectivity index (χ1v) is 15.8. The van der Waals surface area contributed by atoms with Crippen LogP contribution in [0.1, 0.15) is 57.6 Å². The van der Waals surface area contributed by atoms with Crippen molar-refractivity contribution in [1.82, 2.24) is 20.2 Å². The smallest absolute Gasteiger partial charge is 0.410 e. The summed E-state index contributed by atoms with van der Waals surface area (Å²) < 4.78 is 17.0. The fourth-order valence-corrected chi connectivity index (χ4v) is 5.54. The van der Waals surface area contributed by atoms with E-state index >= 15 is 0 Å². The van der Waals surface area contributed by atoms with Gasteiger partial charge in [-0.25, -0.2) is 4.79 Å². The Balaban J connectivity index is 0.000000180. The first-order valence-electron chi connectivity index (χ1n) is 15.8. The molecule has 2 aliphatic carbocycles. The molecule has 4 fully saturated rings. The van der Waals surface area contributed by atoms with E-state index < -0.39 is 5.60 Å². The van der Waals surface area contributed by atoms with Gasteiger partial charge in [0, 0.05) is 38.2 Å². The Kier molecular flexibility index (Phi) is 10.4. The van der Waals surface area contributed by atoms with Crippen molar-refractivity contribution in [3.05, 3.63) is 48.0 Å². The van der Waals surface area contributed by atoms with Crippen molar-refractivity contribution in [3.8, 4) is 11.5 Å². The molecule has 4 heterocycles. The van der Waals surface area contributed by atoms with Gasteiger partial charge in [0.05, 0.1) is 18.4 Å². The molecule has 2 aliphatic heterocycles. The number of hydrogen-bond acceptors (Lipinski definition) is 9. The van der Waals surface area contributed by atoms with Gasteiger partial charge in [-0.05, 0) is 113 Å². The molecule has 0 radical (unpaired) electrons. The molecule has 2 aromatic heterocycles. The van der Waals surface area contributed by atoms with Crippen LogP contribution in [0.15, 0.2) is 36.9 Å². The van der Waals surface area contributed by atoms with Gasteiger partial charge >= 0.3 is 6.09 Å². The molecular formula is C33H48N4O6. The molecule has 10 heteroatoms. The zero-order valence-electron chi connectivity index (χ0n) is 25.8. The molecule has 6 rings (SSSR count). The minimum Gasteiger partial charge on any atom is -0.490 e. The second kappa shape index (κ2) is 14.2. The molecule has 0 bridgehead atoms. The minimum absolute atomic E-state index is 0.0562. The van der Waals surface area contributed by atoms with Crippen molar-refractivity contribution < 1.29 is 29.2 Å². The quantitative estimate of drug-likeness (QED) is 0.337. The van der Waals surface area contributed by atoms with Crippen molar-refractivity contribution in [1.29, 1.82) is 0 Å². The number of aromatic nitrogens is 2. The van der Waals surface area contributed by atoms with Crippen LogP contribution in [0.5, 0.6) is 11.5 Å². The van der Waals surface area contributed by atoms with Crippen LogP contribution in [0.25, 0.3) is 0 Å². The molecule has 0 unspecified atom stereocenters. The van der Waals surface area contributed by atoms with Crippen LogP contribution < -0.4 is 14.8 Å². The normalized spacial score (nSPS) is 27.1. The van der Waals surface area contributed by atoms with Crippen molar-refractivity contribution in [2.75, 3.05) is 39.5 Å². The van der Waals surface area contributed by atoms with E-state index in [4.69, 9.17) is 24.4 Å². The fraction of sp³-hybridized carbons (Fsp3) is 0.667. The summed E-state index contributed by atoms with van der Waals surface area (Å²) in [6, 6.07) is 4.66. The van der Waals surface area contributed by atoms with Crippen LogP contribution in [0.2, 0.25) is 0 Å². The molecule has 6 atom stereocenters. The lowest BCUT2D eigenvalue weighted by atomic mass is 10.1. The molecular weight excluding hydrogens is 548 g/mol. The number of rotatable bonds is 12. The highest BCUT2D eigenvalue weighted by molar-refractivity contribution is 5.69. The summed E-state index contributed by atoms with van der Waals surface area (Å²) in [4.78, 5) is 22.3. The van der Waals surface area contributed by atoms with Gasteiger partial charge in [0.2, 0.25) is 0 Å². The SMILES string of the molecule is CC(C)(C)OC(=O)N1CC[C@H]1COc1cncc(C[C@@H]2C[C@H]2CO)c1.OC[C@@H]1C[C@H]1Cc1cncc(OC[C@@H]2CCN2)c1. The van der Waals surface area contributed by atoms with Gasteiger partial charge in [0.1, 0.15) is 30.3 Å². The second-order valence-electron chi connectivity index (χ2n) is 13.5. The first kappa shape index (κ1) is 31.5. The van der Waals surface area contributed by atoms with Crippen LogP contribution in [0.3, 0.4) is 0 Å². The van der Waals surface area contributed by atoms with Crippen molar-refractivity contribution >= 4 is 6.09 Å². The Morgan fingerprint density at radius 1 is 0.884 bits per heavy atom. The molecule has 3 N–H and O–H groups in total. The molecule has 2 aromatic rings. The van der Waals surface area contributed by atoms with Crippen LogP contribution in [0.4, 0.5) is 4.79 Å². The number of nitrogens with zero attached hydrogens (tertiary/aromatic N) is 3. The number of carbonyl (C=O) groups is 1. The highest BCUT2D eigenvalue weighted by atomic mass is 16.6. The molecule has 43 heavy (non-hydrogen) atoms. The molecule has 236 valence electrons. The molecule has 1 amide bonds. The average molecular weight is 597 g/mol. The van der Waals surface area contributed by atoms with Gasteiger partial charge in [0.15, 0.2) is 0 Å². The third-order valence-electron chi connectivity index (χ3n) is 8.73. The maximum atomic E-state index is 12.1. The number of nitrogens with one attached hydrogen (secondary N) is 1. The fourth-order valence-electron chi connectivity index (χ4n) is 5.54. The van der Waals surface area contributed by atoms with Crippen LogP contribution in [0, 0.1) is 23.7 Å². The largest absolute Gasteiger partial charge is 0.490 e. The summed E-state index contributed by atoms with van der Waals surface area (Å²) in [5, 5.41) is 21.5. The van der Waals surface area contributed by atoms with Crippen molar-refractivity contribution in [2.24, 2.45) is 23.7 Å². The Labute approximate surface area is 255 Å². The zero-order chi connectivity index (χ0) is 30.4. The van der Waals surface area contributed by atoms with Gasteiger partial charge in [0.25, 0.3) is 0 Å². The number of aliphatic hydroxyl groups is 2. The number of carbonyl (C=O) groups excluding carboxylic acids is 1. The summed E-state index contributed by atoms with van der Waals surface area (Å²) >= 11 is 0. The van der Waals surface area contributed by atoms with Gasteiger partial charge in [-0.15, -0.1) is 0 Å². The Bertz CT molecular complexity index is 1200. The summed E-state index contributed by atoms with van der Waals surface area (Å²) in [7, 11) is 0. The third-order valence-corrected chi connectivity index (χ3v) is 8.73. The van der Waals surface area contributed by atoms with Gasteiger partial charge in [-0.1, -0.05) is 0 Å². The van der Waals surface area contributed by atoms with Crippen LogP contribution in [-0.4, -0.2) is 88.4 Å². The monoisotopic (exact) mass is 596 g/mol. The maximum Gasteiger partial charge on any atom is 0.410 e. The van der Waals surface area contributed by atoms with E-state index in [1.807, 2.05) is 39.2 Å². The summed E-state index contributed by atoms with van der Waals surface area (Å²) in [5.74, 6) is 3.75. The standard InChI is InChI=1S/C19H28N2O4.C14H20N2O2/c1-19(2,3)25-18(23)21-5-4-16(21)12-24-17-7-13(9-20-10-17)6-14-8-15(14)11-22;17-8-12-5-11(12)3-10-4-14(7-15-6-10)18-9-13-1-2-16-13/h7,9-10,14-16,22H,4-6,8,11-12H2,1-3H3;4,6-7,11-13,16-17H,1-3,5,8-9H2/t14-,15+,16+;11-,12+,13+/m11/s1. The van der Waals surface area contributed by atoms with Crippen LogP contribution >= 0.6 is 0 Å². The first-order chi connectivity index (χ1) is 20.7. The van der Waals surface area contributed by atoms with E-state index in [0.717, 1.165) is 62.3 Å². The zero-order valence-corrected chi connectivity index (χ0v) is 25.8. The number of likely N-dealkylation sites (tertiary alicyclic amines) is 1. The predicted octanol–water partition coefficient (Wildman–Crippen LogP) is 3.63. The third kappa shape index (κ3) is 9.52. The van der Waals surface area contributed by atoms with E-state index in [1.165, 1.54) is 12.0 Å². The second-order valence-corrected chi connectivity index (χ2v) is 13.5. The number of hydrogen-bond donors (Lipinski definition) is 3. The number of amides is 1. The summed E-state index contributed by atoms with van der Waals surface area (Å²) in [5.41, 5.74) is 1.87. The average Bonchev–Trinajstić information content (AvgIpc) is 3.84. The highest BCUT2D eigenvalue weighted by Crippen LogP contribution is 2.41.